The third kappa shape index (κ3) is 6.57. The van der Waals surface area contributed by atoms with Crippen LogP contribution in [0.15, 0.2) is 48.5 Å². The third-order valence-electron chi connectivity index (χ3n) is 5.89. The number of benzene rings is 2. The molecule has 0 fully saturated rings. The van der Waals surface area contributed by atoms with Crippen LogP contribution < -0.4 is 10.6 Å². The van der Waals surface area contributed by atoms with Gasteiger partial charge in [-0.25, -0.2) is 4.79 Å². The molecule has 7 nitrogen and oxygen atoms in total. The predicted octanol–water partition coefficient (Wildman–Crippen LogP) is 4.45. The van der Waals surface area contributed by atoms with Gasteiger partial charge in [-0.05, 0) is 35.6 Å². The summed E-state index contributed by atoms with van der Waals surface area (Å²) in [5.74, 6) is -1.26. The number of unbranched alkanes of at least 4 members (excludes halogenated alkanes) is 1. The lowest BCUT2D eigenvalue weighted by atomic mass is 9.98. The molecule has 0 saturated carbocycles. The third-order valence-corrected chi connectivity index (χ3v) is 5.89. The summed E-state index contributed by atoms with van der Waals surface area (Å²) in [6, 6.07) is 15.4. The maximum absolute atomic E-state index is 12.4. The molecule has 0 heterocycles. The fourth-order valence-electron chi connectivity index (χ4n) is 4.34. The Labute approximate surface area is 194 Å². The van der Waals surface area contributed by atoms with Crippen molar-refractivity contribution < 1.29 is 24.2 Å². The zero-order chi connectivity index (χ0) is 23.8. The average Bonchev–Trinajstić information content (AvgIpc) is 3.09. The minimum Gasteiger partial charge on any atom is -0.481 e. The van der Waals surface area contributed by atoms with Gasteiger partial charge in [0.1, 0.15) is 6.61 Å². The minimum absolute atomic E-state index is 0.0305. The smallest absolute Gasteiger partial charge is 0.407 e. The van der Waals surface area contributed by atoms with Gasteiger partial charge in [0.05, 0.1) is 6.42 Å². The summed E-state index contributed by atoms with van der Waals surface area (Å²) in [5.41, 5.74) is 4.59. The fraction of sp³-hybridized carbons (Fsp3) is 0.423. The van der Waals surface area contributed by atoms with E-state index in [2.05, 4.69) is 34.9 Å². The molecule has 2 aromatic rings. The number of hydrogen-bond acceptors (Lipinski definition) is 4. The van der Waals surface area contributed by atoms with E-state index in [-0.39, 0.29) is 31.3 Å². The van der Waals surface area contributed by atoms with Crippen LogP contribution in [0.3, 0.4) is 0 Å². The Morgan fingerprint density at radius 3 is 2.15 bits per heavy atom. The molecule has 0 bridgehead atoms. The zero-order valence-electron chi connectivity index (χ0n) is 19.2. The normalized spacial score (nSPS) is 14.0. The highest BCUT2D eigenvalue weighted by molar-refractivity contribution is 5.80. The van der Waals surface area contributed by atoms with Crippen molar-refractivity contribution >= 4 is 18.0 Å². The van der Waals surface area contributed by atoms with Crippen LogP contribution >= 0.6 is 0 Å². The predicted molar refractivity (Wildman–Crippen MR) is 126 cm³/mol. The molecule has 1 aliphatic carbocycles. The molecule has 0 unspecified atom stereocenters. The second kappa shape index (κ2) is 11.5. The van der Waals surface area contributed by atoms with Crippen LogP contribution in [0, 0.1) is 0 Å². The molecule has 0 saturated heterocycles. The molecular formula is C26H32N2O5. The molecule has 0 radical (unpaired) electrons. The number of carboxylic acids is 1. The number of ether oxygens (including phenoxy) is 1. The van der Waals surface area contributed by atoms with Gasteiger partial charge in [-0.1, -0.05) is 68.3 Å². The van der Waals surface area contributed by atoms with Gasteiger partial charge in [0, 0.05) is 24.4 Å². The lowest BCUT2D eigenvalue weighted by Gasteiger charge is -2.19. The van der Waals surface area contributed by atoms with Crippen molar-refractivity contribution in [3.8, 4) is 11.1 Å². The van der Waals surface area contributed by atoms with Gasteiger partial charge in [-0.3, -0.25) is 9.59 Å². The number of fused-ring (bicyclic) bond motifs is 3. The zero-order valence-corrected chi connectivity index (χ0v) is 19.2. The summed E-state index contributed by atoms with van der Waals surface area (Å²) < 4.78 is 5.52. The van der Waals surface area contributed by atoms with Crippen LogP contribution in [0.1, 0.15) is 63.0 Å². The molecule has 3 rings (SSSR count). The highest BCUT2D eigenvalue weighted by atomic mass is 16.5. The molecule has 7 heteroatoms. The number of nitrogens with one attached hydrogen (secondary N) is 2. The molecule has 176 valence electrons. The van der Waals surface area contributed by atoms with Crippen molar-refractivity contribution in [1.29, 1.82) is 0 Å². The molecule has 3 N–H and O–H groups in total. The standard InChI is InChI=1S/C26H32N2O5/c1-3-4-9-18(15-25(30)31)28-24(29)14-17(2)27-26(32)33-16-23-21-12-7-5-10-19(21)20-11-6-8-13-22(20)23/h5-8,10-13,17-18,23H,3-4,9,14-16H2,1-2H3,(H,27,32)(H,28,29)(H,30,31)/t17-,18-/m1/s1. The first-order chi connectivity index (χ1) is 15.9. The SMILES string of the molecule is CCCC[C@H](CC(=O)O)NC(=O)C[C@@H](C)NC(=O)OCC1c2ccccc2-c2ccccc21. The summed E-state index contributed by atoms with van der Waals surface area (Å²) in [6.45, 7) is 3.94. The Bertz CT molecular complexity index is 945. The summed E-state index contributed by atoms with van der Waals surface area (Å²) in [5, 5.41) is 14.5. The van der Waals surface area contributed by atoms with Crippen LogP contribution in [-0.4, -0.2) is 41.8 Å². The van der Waals surface area contributed by atoms with E-state index in [4.69, 9.17) is 9.84 Å². The highest BCUT2D eigenvalue weighted by Crippen LogP contribution is 2.44. The molecule has 2 aromatic carbocycles. The molecule has 0 spiro atoms. The molecule has 2 atom stereocenters. The maximum Gasteiger partial charge on any atom is 0.407 e. The second-order valence-corrected chi connectivity index (χ2v) is 8.58. The van der Waals surface area contributed by atoms with E-state index in [9.17, 15) is 14.4 Å². The summed E-state index contributed by atoms with van der Waals surface area (Å²) in [6.07, 6.45) is 1.73. The lowest BCUT2D eigenvalue weighted by molar-refractivity contribution is -0.137. The second-order valence-electron chi connectivity index (χ2n) is 8.58. The Morgan fingerprint density at radius 2 is 1.58 bits per heavy atom. The Balaban J connectivity index is 1.50. The van der Waals surface area contributed by atoms with Crippen LogP contribution in [-0.2, 0) is 14.3 Å². The molecule has 0 aliphatic heterocycles. The van der Waals surface area contributed by atoms with Gasteiger partial charge >= 0.3 is 12.1 Å². The Kier molecular flexibility index (Phi) is 8.46. The molecule has 2 amide bonds. The molecule has 33 heavy (non-hydrogen) atoms. The van der Waals surface area contributed by atoms with E-state index >= 15 is 0 Å². The minimum atomic E-state index is -0.943. The monoisotopic (exact) mass is 452 g/mol. The molecule has 0 aromatic heterocycles. The van der Waals surface area contributed by atoms with Crippen LogP contribution in [0.25, 0.3) is 11.1 Å². The van der Waals surface area contributed by atoms with Gasteiger partial charge in [0.15, 0.2) is 0 Å². The number of carbonyl (C=O) groups excluding carboxylic acids is 2. The first-order valence-corrected chi connectivity index (χ1v) is 11.5. The van der Waals surface area contributed by atoms with Crippen LogP contribution in [0.4, 0.5) is 4.79 Å². The van der Waals surface area contributed by atoms with Gasteiger partial charge < -0.3 is 20.5 Å². The number of rotatable bonds is 11. The fourth-order valence-corrected chi connectivity index (χ4v) is 4.34. The summed E-state index contributed by atoms with van der Waals surface area (Å²) in [4.78, 5) is 35.7. The van der Waals surface area contributed by atoms with E-state index in [1.54, 1.807) is 6.92 Å². The van der Waals surface area contributed by atoms with Gasteiger partial charge in [0.2, 0.25) is 5.91 Å². The van der Waals surface area contributed by atoms with E-state index in [0.29, 0.717) is 6.42 Å². The van der Waals surface area contributed by atoms with E-state index in [0.717, 1.165) is 35.1 Å². The first kappa shape index (κ1) is 24.3. The van der Waals surface area contributed by atoms with Gasteiger partial charge in [-0.15, -0.1) is 0 Å². The number of hydrogen-bond donors (Lipinski definition) is 3. The molecular weight excluding hydrogens is 420 g/mol. The number of carboxylic acid groups (broad SMARTS) is 1. The van der Waals surface area contributed by atoms with Crippen LogP contribution in [0.5, 0.6) is 0 Å². The van der Waals surface area contributed by atoms with Crippen molar-refractivity contribution in [2.24, 2.45) is 0 Å². The van der Waals surface area contributed by atoms with E-state index < -0.39 is 24.1 Å². The lowest BCUT2D eigenvalue weighted by Crippen LogP contribution is -2.41. The molecule has 1 aliphatic rings. The quantitative estimate of drug-likeness (QED) is 0.467. The van der Waals surface area contributed by atoms with Crippen molar-refractivity contribution in [3.05, 3.63) is 59.7 Å². The number of aliphatic carboxylic acids is 1. The van der Waals surface area contributed by atoms with Crippen LogP contribution in [0.2, 0.25) is 0 Å². The van der Waals surface area contributed by atoms with Crippen molar-refractivity contribution in [2.75, 3.05) is 6.61 Å². The van der Waals surface area contributed by atoms with E-state index in [1.807, 2.05) is 31.2 Å². The maximum atomic E-state index is 12.4. The van der Waals surface area contributed by atoms with Crippen molar-refractivity contribution in [2.45, 2.75) is 64.0 Å². The summed E-state index contributed by atoms with van der Waals surface area (Å²) in [7, 11) is 0. The van der Waals surface area contributed by atoms with Gasteiger partial charge in [-0.2, -0.15) is 0 Å². The number of alkyl carbamates (subject to hydrolysis) is 1. The summed E-state index contributed by atoms with van der Waals surface area (Å²) >= 11 is 0. The largest absolute Gasteiger partial charge is 0.481 e. The highest BCUT2D eigenvalue weighted by Gasteiger charge is 2.29. The Hall–Kier alpha value is -3.35. The Morgan fingerprint density at radius 1 is 0.970 bits per heavy atom. The van der Waals surface area contributed by atoms with Crippen molar-refractivity contribution in [1.82, 2.24) is 10.6 Å². The first-order valence-electron chi connectivity index (χ1n) is 11.5. The topological polar surface area (TPSA) is 105 Å². The number of amides is 2. The van der Waals surface area contributed by atoms with E-state index in [1.165, 1.54) is 0 Å². The van der Waals surface area contributed by atoms with Gasteiger partial charge in [0.25, 0.3) is 0 Å². The van der Waals surface area contributed by atoms with Crippen molar-refractivity contribution in [3.63, 3.8) is 0 Å². The number of carbonyl (C=O) groups is 3. The average molecular weight is 453 g/mol.